The third-order valence-electron chi connectivity index (χ3n) is 16.8. The van der Waals surface area contributed by atoms with Crippen LogP contribution in [-0.4, -0.2) is 549 Å². The lowest BCUT2D eigenvalue weighted by Crippen LogP contribution is -2.42. The van der Waals surface area contributed by atoms with Gasteiger partial charge in [-0.2, -0.15) is 0 Å². The maximum Gasteiger partial charge on any atom is 0.0487 e. The third-order valence-corrected chi connectivity index (χ3v) is 16.8. The van der Waals surface area contributed by atoms with Gasteiger partial charge < -0.3 is 114 Å². The van der Waals surface area contributed by atoms with Crippen molar-refractivity contribution in [1.29, 1.82) is 0 Å². The molecule has 0 amide bonds. The van der Waals surface area contributed by atoms with Crippen LogP contribution in [0.1, 0.15) is 44.9 Å². The monoisotopic (exact) mass is 1470 g/mol. The van der Waals surface area contributed by atoms with E-state index in [0.717, 1.165) is 320 Å². The number of unbranched alkanes of at least 4 members (excludes halogenated alkanes) is 1. The Morgan fingerprint density at radius 2 is 0.373 bits per heavy atom. The van der Waals surface area contributed by atoms with Gasteiger partial charge in [-0.3, -0.25) is 14.7 Å². The van der Waals surface area contributed by atoms with Crippen LogP contribution in [0.5, 0.6) is 0 Å². The fraction of sp³-hybridized carbons (Fsp3) is 1.00. The average Bonchev–Trinajstić information content (AvgIpc) is 1.08. The normalized spacial score (nSPS) is 12.1. The lowest BCUT2D eigenvalue weighted by Gasteiger charge is -2.29. The fourth-order valence-corrected chi connectivity index (χ4v) is 9.28. The van der Waals surface area contributed by atoms with Gasteiger partial charge in [0.1, 0.15) is 0 Å². The molecule has 5 N–H and O–H groups in total. The van der Waals surface area contributed by atoms with Crippen molar-refractivity contribution in [3.8, 4) is 0 Å². The summed E-state index contributed by atoms with van der Waals surface area (Å²) in [5, 5.41) is 16.2. The van der Waals surface area contributed by atoms with Crippen molar-refractivity contribution in [2.24, 2.45) is 0 Å². The molecule has 0 atom stereocenters. The van der Waals surface area contributed by atoms with Crippen LogP contribution in [0.3, 0.4) is 0 Å². The molecule has 0 aliphatic carbocycles. The molecule has 26 nitrogen and oxygen atoms in total. The predicted octanol–water partition coefficient (Wildman–Crippen LogP) is 0.816. The zero-order valence-corrected chi connectivity index (χ0v) is 73.4. The third kappa shape index (κ3) is 101. The number of nitrogens with one attached hydrogen (secondary N) is 5. The molecule has 0 heterocycles. The molecule has 0 saturated carbocycles. The van der Waals surface area contributed by atoms with Gasteiger partial charge in [0.25, 0.3) is 0 Å². The quantitative estimate of drug-likeness (QED) is 0.0547. The summed E-state index contributed by atoms with van der Waals surface area (Å²) in [6.07, 6.45) is 7.62. The van der Waals surface area contributed by atoms with Gasteiger partial charge in [0.15, 0.2) is 0 Å². The van der Waals surface area contributed by atoms with Gasteiger partial charge >= 0.3 is 0 Å². The molecule has 0 aromatic rings. The first kappa shape index (κ1) is 110. The minimum atomic E-state index is 0.817. The summed E-state index contributed by atoms with van der Waals surface area (Å²) in [4.78, 5) is 40.0. The minimum Gasteiger partial charge on any atom is -0.381 e. The van der Waals surface area contributed by atoms with Gasteiger partial charge in [0, 0.05) is 249 Å². The summed E-state index contributed by atoms with van der Waals surface area (Å²) in [5.74, 6) is 0. The number of rotatable bonds is 70. The standard InChI is InChI=1S/3C17H42N6.C13H30N2O2.C12H28N2O2/c1-19(2)10-8-18-9-11-23(16-13-21(5)6)17-15-22(7)14-12-20(3)4;1-18-8-9-21(6)13-16-23(15-11-20(4)5)17-14-22(7)12-10-19(2)3;1-18-8-9-23(16-14-21(6)12-10-19(2)3)17-15-22(7)13-11-20(4)5;1-14-8-6-12-16-10-4-5-11-17-13-7-9-15(2)3;1-13-7-4-9-15-11-6-12-16-10-5-8-14(2)3/h3*18H,8-17H2,1-7H3;14H,4-13H2,1-3H3;13H,4-12H2,1-3H3. The summed E-state index contributed by atoms with van der Waals surface area (Å²) in [5.41, 5.74) is 0. The Morgan fingerprint density at radius 1 is 0.167 bits per heavy atom. The first-order chi connectivity index (χ1) is 48.5. The van der Waals surface area contributed by atoms with Gasteiger partial charge in [-0.15, -0.1) is 0 Å². The molecule has 102 heavy (non-hydrogen) atoms. The van der Waals surface area contributed by atoms with Crippen molar-refractivity contribution in [3.05, 3.63) is 0 Å². The highest BCUT2D eigenvalue weighted by Crippen LogP contribution is 1.99. The molecule has 0 rings (SSSR count). The zero-order valence-electron chi connectivity index (χ0n) is 73.4. The van der Waals surface area contributed by atoms with E-state index in [9.17, 15) is 0 Å². The maximum absolute atomic E-state index is 5.54. The number of ether oxygens (including phenoxy) is 4. The van der Waals surface area contributed by atoms with E-state index in [1.807, 2.05) is 28.2 Å². The van der Waals surface area contributed by atoms with Crippen LogP contribution in [0.4, 0.5) is 0 Å². The summed E-state index contributed by atoms with van der Waals surface area (Å²) in [7, 11) is 57.4. The first-order valence-electron chi connectivity index (χ1n) is 39.6. The highest BCUT2D eigenvalue weighted by molar-refractivity contribution is 4.70. The van der Waals surface area contributed by atoms with E-state index in [4.69, 9.17) is 18.9 Å². The lowest BCUT2D eigenvalue weighted by molar-refractivity contribution is 0.0790. The molecule has 0 aromatic heterocycles. The SMILES string of the molecule is CN(C)CCNCCN(CCN(C)C)CCN(C)CCN(C)C.CNCCCOCCCCOCCCN(C)C.CNCCCOCCCOCCCN(C)C.CNCCN(C)CCN(CCN(C)C)CCN(C)CCN(C)C.CNCCN(CCN(C)CCN(C)C)CCN(C)CCN(C)C. The van der Waals surface area contributed by atoms with E-state index in [1.165, 1.54) is 0 Å². The van der Waals surface area contributed by atoms with Crippen LogP contribution in [-0.2, 0) is 18.9 Å². The van der Waals surface area contributed by atoms with E-state index in [2.05, 4.69) is 272 Å². The molecule has 0 aromatic carbocycles. The van der Waals surface area contributed by atoms with Crippen LogP contribution < -0.4 is 26.6 Å². The predicted molar refractivity (Wildman–Crippen MR) is 448 cm³/mol. The second-order valence-corrected chi connectivity index (χ2v) is 30.4. The summed E-state index contributed by atoms with van der Waals surface area (Å²) in [6.45, 7) is 44.8. The van der Waals surface area contributed by atoms with E-state index in [0.29, 0.717) is 0 Å². The first-order valence-corrected chi connectivity index (χ1v) is 39.6. The summed E-state index contributed by atoms with van der Waals surface area (Å²) < 4.78 is 22.0. The average molecular weight is 1470 g/mol. The topological polar surface area (TPSA) is 152 Å². The maximum atomic E-state index is 5.54. The smallest absolute Gasteiger partial charge is 0.0487 e. The van der Waals surface area contributed by atoms with Gasteiger partial charge in [-0.25, -0.2) is 0 Å². The Labute approximate surface area is 636 Å². The Morgan fingerprint density at radius 3 is 0.667 bits per heavy atom. The van der Waals surface area contributed by atoms with Gasteiger partial charge in [-0.05, 0) is 261 Å². The Kier molecular flexibility index (Phi) is 90.2. The highest BCUT2D eigenvalue weighted by Gasteiger charge is 2.13. The van der Waals surface area contributed by atoms with Crippen LogP contribution in [0, 0.1) is 0 Å². The van der Waals surface area contributed by atoms with Crippen LogP contribution in [0.25, 0.3) is 0 Å². The molecular weight excluding hydrogens is 1280 g/mol. The largest absolute Gasteiger partial charge is 0.381 e. The van der Waals surface area contributed by atoms with Gasteiger partial charge in [0.05, 0.1) is 0 Å². The van der Waals surface area contributed by atoms with Crippen LogP contribution >= 0.6 is 0 Å². The number of hydrogen-bond acceptors (Lipinski definition) is 26. The second kappa shape index (κ2) is 84.0. The van der Waals surface area contributed by atoms with Gasteiger partial charge in [-0.1, -0.05) is 0 Å². The van der Waals surface area contributed by atoms with E-state index < -0.39 is 0 Å². The van der Waals surface area contributed by atoms with Crippen molar-refractivity contribution in [2.45, 2.75) is 44.9 Å². The minimum absolute atomic E-state index is 0.817. The number of hydrogen-bond donors (Lipinski definition) is 5. The molecular formula is C76H184N22O4. The molecule has 0 aliphatic rings. The Balaban J connectivity index is -0.000000387. The molecule has 0 radical (unpaired) electrons. The Bertz CT molecular complexity index is 1510. The van der Waals surface area contributed by atoms with Crippen molar-refractivity contribution in [3.63, 3.8) is 0 Å². The molecule has 26 heteroatoms. The highest BCUT2D eigenvalue weighted by atomic mass is 16.5. The molecule has 0 bridgehead atoms. The summed E-state index contributed by atoms with van der Waals surface area (Å²) >= 11 is 0. The molecule has 0 aliphatic heterocycles. The van der Waals surface area contributed by atoms with E-state index in [-0.39, 0.29) is 0 Å². The number of nitrogens with zero attached hydrogens (tertiary/aromatic N) is 17. The van der Waals surface area contributed by atoms with Crippen molar-refractivity contribution >= 4 is 0 Å². The van der Waals surface area contributed by atoms with E-state index in [1.54, 1.807) is 0 Å². The van der Waals surface area contributed by atoms with Crippen molar-refractivity contribution < 1.29 is 18.9 Å². The molecule has 622 valence electrons. The van der Waals surface area contributed by atoms with Crippen molar-refractivity contribution in [2.75, 3.05) is 466 Å². The van der Waals surface area contributed by atoms with Crippen molar-refractivity contribution in [1.82, 2.24) is 110 Å². The van der Waals surface area contributed by atoms with Crippen LogP contribution in [0.2, 0.25) is 0 Å². The lowest BCUT2D eigenvalue weighted by atomic mass is 10.3. The summed E-state index contributed by atoms with van der Waals surface area (Å²) in [6, 6.07) is 0. The van der Waals surface area contributed by atoms with Crippen LogP contribution in [0.15, 0.2) is 0 Å². The molecule has 0 unspecified atom stereocenters. The second-order valence-electron chi connectivity index (χ2n) is 30.4. The Hall–Kier alpha value is -1.04. The molecule has 0 fully saturated rings. The zero-order chi connectivity index (χ0) is 77.8. The molecule has 0 saturated heterocycles. The fourth-order valence-electron chi connectivity index (χ4n) is 9.28. The van der Waals surface area contributed by atoms with Gasteiger partial charge in [0.2, 0.25) is 0 Å². The van der Waals surface area contributed by atoms with E-state index >= 15 is 0 Å². The number of likely N-dealkylation sites (N-methyl/N-ethyl adjacent to an activating group) is 14. The molecule has 0 spiro atoms.